The lowest BCUT2D eigenvalue weighted by molar-refractivity contribution is -0.113. The Bertz CT molecular complexity index is 262. The summed E-state index contributed by atoms with van der Waals surface area (Å²) >= 11 is 0. The molecule has 0 unspecified atom stereocenters. The average Bonchev–Trinajstić information content (AvgIpc) is 2.42. The minimum Gasteiger partial charge on any atom is -0.289 e. The summed E-state index contributed by atoms with van der Waals surface area (Å²) in [5, 5.41) is 0. The van der Waals surface area contributed by atoms with E-state index in [1.165, 1.54) is 50.0 Å². The van der Waals surface area contributed by atoms with E-state index in [-0.39, 0.29) is 0 Å². The molecular weight excluding hydrogens is 240 g/mol. The van der Waals surface area contributed by atoms with Crippen LogP contribution in [0.5, 0.6) is 0 Å². The molecule has 0 N–H and O–H groups in total. The third-order valence-electron chi connectivity index (χ3n) is 3.56. The number of unbranched alkanes of at least 4 members (excludes halogenated alkanes) is 2. The first kappa shape index (κ1) is 15.8. The van der Waals surface area contributed by atoms with Gasteiger partial charge in [-0.1, -0.05) is 32.8 Å². The molecule has 18 heavy (non-hydrogen) atoms. The Balaban J connectivity index is 2.42. The summed E-state index contributed by atoms with van der Waals surface area (Å²) in [6, 6.07) is 0. The fraction of sp³-hybridized carbons (Fsp3) is 0.812. The van der Waals surface area contributed by atoms with Crippen LogP contribution in [0.25, 0.3) is 0 Å². The van der Waals surface area contributed by atoms with E-state index in [0.29, 0.717) is 16.7 Å². The summed E-state index contributed by atoms with van der Waals surface area (Å²) in [5.41, 5.74) is 1.15. The molecule has 0 atom stereocenters. The second-order valence-electron chi connectivity index (χ2n) is 5.27. The van der Waals surface area contributed by atoms with Gasteiger partial charge in [-0.25, -0.2) is 0 Å². The van der Waals surface area contributed by atoms with Gasteiger partial charge >= 0.3 is 0 Å². The number of hydrogen-bond acceptors (Lipinski definition) is 1. The first-order chi connectivity index (χ1) is 8.77. The summed E-state index contributed by atoms with van der Waals surface area (Å²) < 4.78 is 0. The molecule has 2 heteroatoms. The lowest BCUT2D eigenvalue weighted by Crippen LogP contribution is -2.24. The highest BCUT2D eigenvalue weighted by Crippen LogP contribution is 2.19. The first-order valence-corrected chi connectivity index (χ1v) is 9.37. The second-order valence-corrected chi connectivity index (χ2v) is 7.60. The molecule has 0 bridgehead atoms. The number of allylic oxidation sites excluding steroid dienone is 2. The Morgan fingerprint density at radius 2 is 1.83 bits per heavy atom. The minimum absolute atomic E-state index is 0.354. The summed E-state index contributed by atoms with van der Waals surface area (Å²) in [4.78, 5) is 12.3. The Morgan fingerprint density at radius 3 is 2.33 bits per heavy atom. The molecule has 1 nitrogen and oxygen atoms in total. The lowest BCUT2D eigenvalue weighted by Gasteiger charge is -2.12. The van der Waals surface area contributed by atoms with E-state index in [1.54, 1.807) is 0 Å². The molecule has 0 radical (unpaired) electrons. The van der Waals surface area contributed by atoms with E-state index in [9.17, 15) is 4.79 Å². The van der Waals surface area contributed by atoms with Gasteiger partial charge in [-0.15, -0.1) is 0 Å². The highest BCUT2D eigenvalue weighted by atomic mass is 32.2. The van der Waals surface area contributed by atoms with E-state index in [0.717, 1.165) is 24.2 Å². The molecule has 0 saturated carbocycles. The van der Waals surface area contributed by atoms with Crippen molar-refractivity contribution in [3.05, 3.63) is 11.6 Å². The molecule has 0 heterocycles. The molecule has 0 aromatic rings. The van der Waals surface area contributed by atoms with Crippen LogP contribution in [0.1, 0.15) is 65.2 Å². The zero-order chi connectivity index (χ0) is 13.2. The molecule has 0 aliphatic heterocycles. The summed E-state index contributed by atoms with van der Waals surface area (Å²) in [6.07, 6.45) is 11.9. The van der Waals surface area contributed by atoms with E-state index in [2.05, 4.69) is 19.9 Å². The van der Waals surface area contributed by atoms with Gasteiger partial charge in [-0.3, -0.25) is 4.79 Å². The fourth-order valence-electron chi connectivity index (χ4n) is 2.31. The van der Waals surface area contributed by atoms with Crippen LogP contribution in [0.3, 0.4) is 0 Å². The number of carbonyl (C=O) groups is 1. The van der Waals surface area contributed by atoms with E-state index in [1.807, 2.05) is 0 Å². The molecule has 0 aromatic heterocycles. The molecule has 0 aromatic carbocycles. The van der Waals surface area contributed by atoms with Crippen LogP contribution in [-0.4, -0.2) is 23.0 Å². The van der Waals surface area contributed by atoms with Gasteiger partial charge in [0.15, 0.2) is 5.75 Å². The summed E-state index contributed by atoms with van der Waals surface area (Å²) in [6.45, 7) is 4.49. The number of ketones is 1. The van der Waals surface area contributed by atoms with E-state index in [4.69, 9.17) is 0 Å². The van der Waals surface area contributed by atoms with Crippen LogP contribution in [0.2, 0.25) is 0 Å². The fourth-order valence-corrected chi connectivity index (χ4v) is 4.76. The van der Waals surface area contributed by atoms with Crippen LogP contribution in [0.4, 0.5) is 0 Å². The number of hydrogen-bond donors (Lipinski definition) is 0. The van der Waals surface area contributed by atoms with Crippen molar-refractivity contribution >= 4 is 16.7 Å². The first-order valence-electron chi connectivity index (χ1n) is 7.64. The topological polar surface area (TPSA) is 17.1 Å². The van der Waals surface area contributed by atoms with Crippen LogP contribution < -0.4 is 0 Å². The zero-order valence-electron chi connectivity index (χ0n) is 12.2. The number of carbonyl (C=O) groups excluding carboxylic acids is 1. The van der Waals surface area contributed by atoms with Crippen LogP contribution in [0, 0.1) is 0 Å². The predicted octanol–water partition coefficient (Wildman–Crippen LogP) is 4.27. The molecular formula is C16H29OS+. The Hall–Kier alpha value is -0.240. The van der Waals surface area contributed by atoms with Crippen molar-refractivity contribution in [1.29, 1.82) is 0 Å². The van der Waals surface area contributed by atoms with Crippen molar-refractivity contribution in [2.75, 3.05) is 17.3 Å². The zero-order valence-corrected chi connectivity index (χ0v) is 13.0. The minimum atomic E-state index is 0.354. The summed E-state index contributed by atoms with van der Waals surface area (Å²) in [7, 11) is 0.354. The van der Waals surface area contributed by atoms with Crippen molar-refractivity contribution in [2.24, 2.45) is 0 Å². The van der Waals surface area contributed by atoms with Gasteiger partial charge in [-0.05, 0) is 55.0 Å². The molecule has 0 fully saturated rings. The predicted molar refractivity (Wildman–Crippen MR) is 83.3 cm³/mol. The second kappa shape index (κ2) is 9.66. The van der Waals surface area contributed by atoms with Crippen LogP contribution in [-0.2, 0) is 15.7 Å². The van der Waals surface area contributed by atoms with Crippen LogP contribution in [0.15, 0.2) is 11.6 Å². The maximum Gasteiger partial charge on any atom is 0.207 e. The third kappa shape index (κ3) is 6.08. The Morgan fingerprint density at radius 1 is 1.17 bits per heavy atom. The van der Waals surface area contributed by atoms with Crippen molar-refractivity contribution < 1.29 is 4.79 Å². The van der Waals surface area contributed by atoms with Crippen LogP contribution >= 0.6 is 0 Å². The monoisotopic (exact) mass is 269 g/mol. The van der Waals surface area contributed by atoms with Gasteiger partial charge in [-0.2, -0.15) is 0 Å². The summed E-state index contributed by atoms with van der Waals surface area (Å²) in [5.74, 6) is 3.85. The molecule has 0 amide bonds. The van der Waals surface area contributed by atoms with Crippen molar-refractivity contribution in [3.63, 3.8) is 0 Å². The SMILES string of the molecule is CCCC[S+](CCCC)CC(=O)C1=CCCCC1. The largest absolute Gasteiger partial charge is 0.289 e. The molecule has 1 aliphatic rings. The third-order valence-corrected chi connectivity index (χ3v) is 5.96. The van der Waals surface area contributed by atoms with Crippen molar-refractivity contribution in [3.8, 4) is 0 Å². The lowest BCUT2D eigenvalue weighted by atomic mass is 9.97. The Labute approximate surface area is 116 Å². The highest BCUT2D eigenvalue weighted by Gasteiger charge is 2.24. The van der Waals surface area contributed by atoms with Gasteiger partial charge in [0.1, 0.15) is 11.5 Å². The highest BCUT2D eigenvalue weighted by molar-refractivity contribution is 7.97. The Kier molecular flexibility index (Phi) is 8.49. The normalized spacial score (nSPS) is 15.8. The van der Waals surface area contributed by atoms with Gasteiger partial charge in [0.2, 0.25) is 5.78 Å². The van der Waals surface area contributed by atoms with Crippen molar-refractivity contribution in [1.82, 2.24) is 0 Å². The molecule has 1 rings (SSSR count). The molecule has 0 spiro atoms. The van der Waals surface area contributed by atoms with E-state index < -0.39 is 0 Å². The molecule has 104 valence electrons. The average molecular weight is 269 g/mol. The van der Waals surface area contributed by atoms with Gasteiger partial charge < -0.3 is 0 Å². The smallest absolute Gasteiger partial charge is 0.207 e. The van der Waals surface area contributed by atoms with Gasteiger partial charge in [0.25, 0.3) is 0 Å². The molecule has 0 saturated heterocycles. The van der Waals surface area contributed by atoms with Gasteiger partial charge in [0.05, 0.1) is 0 Å². The van der Waals surface area contributed by atoms with Gasteiger partial charge in [0, 0.05) is 0 Å². The van der Waals surface area contributed by atoms with E-state index >= 15 is 0 Å². The number of rotatable bonds is 9. The maximum absolute atomic E-state index is 12.3. The maximum atomic E-state index is 12.3. The molecule has 1 aliphatic carbocycles. The standard InChI is InChI=1S/C16H29OS/c1-3-5-12-18(13-6-4-2)14-16(17)15-10-8-7-9-11-15/h10H,3-9,11-14H2,1-2H3/q+1. The number of Topliss-reactive ketones (excluding diaryl/α,β-unsaturated/α-hetero) is 1. The van der Waals surface area contributed by atoms with Crippen molar-refractivity contribution in [2.45, 2.75) is 65.2 Å². The quantitative estimate of drug-likeness (QED) is 0.571.